The van der Waals surface area contributed by atoms with Gasteiger partial charge in [-0.15, -0.1) is 11.3 Å². The fourth-order valence-corrected chi connectivity index (χ4v) is 6.00. The predicted octanol–water partition coefficient (Wildman–Crippen LogP) is 5.03. The fraction of sp³-hybridized carbons (Fsp3) is 0.633. The summed E-state index contributed by atoms with van der Waals surface area (Å²) in [5.74, 6) is 5.93. The first-order chi connectivity index (χ1) is 19.9. The van der Waals surface area contributed by atoms with Gasteiger partial charge in [0.05, 0.1) is 54.7 Å². The first-order valence-electron chi connectivity index (χ1n) is 14.1. The molecule has 2 unspecified atom stereocenters. The first kappa shape index (κ1) is 33.9. The van der Waals surface area contributed by atoms with Gasteiger partial charge in [0.2, 0.25) is 0 Å². The summed E-state index contributed by atoms with van der Waals surface area (Å²) in [5.41, 5.74) is 0.271. The molecule has 2 heterocycles. The minimum absolute atomic E-state index is 0.0180. The minimum Gasteiger partial charge on any atom is -0.444 e. The van der Waals surface area contributed by atoms with Gasteiger partial charge in [0, 0.05) is 19.2 Å². The highest BCUT2D eigenvalue weighted by Gasteiger charge is 2.32. The van der Waals surface area contributed by atoms with Crippen molar-refractivity contribution in [2.45, 2.75) is 57.9 Å². The van der Waals surface area contributed by atoms with Crippen LogP contribution in [0.1, 0.15) is 44.1 Å². The smallest absolute Gasteiger partial charge is 0.408 e. The Hall–Kier alpha value is -2.56. The molecule has 12 heteroatoms. The number of halogens is 3. The molecule has 0 spiro atoms. The van der Waals surface area contributed by atoms with Crippen LogP contribution in [-0.4, -0.2) is 93.6 Å². The molecule has 1 amide bonds. The van der Waals surface area contributed by atoms with Crippen molar-refractivity contribution < 1.29 is 37.3 Å². The van der Waals surface area contributed by atoms with Crippen LogP contribution in [0, 0.1) is 17.8 Å². The molecule has 1 aromatic carbocycles. The second-order valence-corrected chi connectivity index (χ2v) is 12.4. The summed E-state index contributed by atoms with van der Waals surface area (Å²) in [5, 5.41) is 15.5. The third-order valence-electron chi connectivity index (χ3n) is 6.64. The number of anilines is 1. The zero-order chi connectivity index (χ0) is 30.8. The number of hydrogen-bond donors (Lipinski definition) is 3. The average molecular weight is 614 g/mol. The first-order valence-corrected chi connectivity index (χ1v) is 15.0. The van der Waals surface area contributed by atoms with Gasteiger partial charge in [0.25, 0.3) is 0 Å². The zero-order valence-electron chi connectivity index (χ0n) is 24.7. The largest absolute Gasteiger partial charge is 0.444 e. The van der Waals surface area contributed by atoms with Gasteiger partial charge in [-0.3, -0.25) is 0 Å². The number of carbonyl (C=O) groups excluding carboxylic acids is 1. The van der Waals surface area contributed by atoms with Crippen molar-refractivity contribution >= 4 is 33.2 Å². The molecular formula is C30H42F3N3O5S. The van der Waals surface area contributed by atoms with Crippen LogP contribution in [0.3, 0.4) is 0 Å². The second kappa shape index (κ2) is 15.8. The van der Waals surface area contributed by atoms with E-state index in [0.717, 1.165) is 36.3 Å². The molecule has 0 aliphatic carbocycles. The van der Waals surface area contributed by atoms with Gasteiger partial charge in [-0.25, -0.2) is 4.79 Å². The molecule has 0 saturated carbocycles. The van der Waals surface area contributed by atoms with Crippen molar-refractivity contribution in [1.29, 1.82) is 0 Å². The van der Waals surface area contributed by atoms with Crippen molar-refractivity contribution in [3.63, 3.8) is 0 Å². The molecule has 0 radical (unpaired) electrons. The number of nitrogens with one attached hydrogen (secondary N) is 2. The van der Waals surface area contributed by atoms with Crippen molar-refractivity contribution in [2.24, 2.45) is 5.92 Å². The molecule has 1 fully saturated rings. The highest BCUT2D eigenvalue weighted by Crippen LogP contribution is 2.40. The van der Waals surface area contributed by atoms with E-state index in [4.69, 9.17) is 19.3 Å². The Labute approximate surface area is 249 Å². The SMILES string of the molecule is CN1CCC(Nc2cccc3c(CC(F)(F)F)c(C#CCNC(=O)OC(C)(C)C)sc23)C(CCOCCOCCO)C1. The topological polar surface area (TPSA) is 92.3 Å². The van der Waals surface area contributed by atoms with Crippen LogP contribution in [-0.2, 0) is 20.6 Å². The van der Waals surface area contributed by atoms with Crippen LogP contribution in [0.15, 0.2) is 18.2 Å². The van der Waals surface area contributed by atoms with Crippen LogP contribution in [0.4, 0.5) is 23.7 Å². The molecule has 1 aliphatic heterocycles. The molecule has 1 aromatic heterocycles. The molecule has 42 heavy (non-hydrogen) atoms. The van der Waals surface area contributed by atoms with Gasteiger partial charge in [-0.1, -0.05) is 24.0 Å². The monoisotopic (exact) mass is 613 g/mol. The highest BCUT2D eigenvalue weighted by molar-refractivity contribution is 7.20. The Morgan fingerprint density at radius 3 is 2.60 bits per heavy atom. The van der Waals surface area contributed by atoms with Gasteiger partial charge in [0.1, 0.15) is 5.60 Å². The number of alkyl halides is 3. The van der Waals surface area contributed by atoms with E-state index in [1.165, 1.54) is 11.3 Å². The van der Waals surface area contributed by atoms with Crippen LogP contribution >= 0.6 is 11.3 Å². The number of alkyl carbamates (subject to hydrolysis) is 1. The van der Waals surface area contributed by atoms with E-state index in [-0.39, 0.29) is 37.3 Å². The number of ether oxygens (including phenoxy) is 3. The predicted molar refractivity (Wildman–Crippen MR) is 159 cm³/mol. The van der Waals surface area contributed by atoms with Crippen molar-refractivity contribution in [3.05, 3.63) is 28.6 Å². The fourth-order valence-electron chi connectivity index (χ4n) is 4.83. The Bertz CT molecular complexity index is 1220. The number of hydrogen-bond acceptors (Lipinski definition) is 8. The minimum atomic E-state index is -4.40. The maximum Gasteiger partial charge on any atom is 0.408 e. The third kappa shape index (κ3) is 11.3. The number of rotatable bonds is 12. The molecular weight excluding hydrogens is 571 g/mol. The summed E-state index contributed by atoms with van der Waals surface area (Å²) in [6, 6.07) is 5.52. The third-order valence-corrected chi connectivity index (χ3v) is 7.83. The molecule has 0 bridgehead atoms. The number of fused-ring (bicyclic) bond motifs is 1. The van der Waals surface area contributed by atoms with Crippen molar-refractivity contribution in [2.75, 3.05) is 65.0 Å². The van der Waals surface area contributed by atoms with Gasteiger partial charge in [-0.05, 0) is 70.1 Å². The molecule has 8 nitrogen and oxygen atoms in total. The Balaban J connectivity index is 1.77. The van der Waals surface area contributed by atoms with E-state index in [0.29, 0.717) is 30.1 Å². The number of likely N-dealkylation sites (tertiary alicyclic amines) is 1. The van der Waals surface area contributed by atoms with E-state index in [2.05, 4.69) is 34.4 Å². The molecule has 1 saturated heterocycles. The van der Waals surface area contributed by atoms with Crippen LogP contribution in [0.25, 0.3) is 10.1 Å². The summed E-state index contributed by atoms with van der Waals surface area (Å²) < 4.78 is 57.7. The van der Waals surface area contributed by atoms with Crippen LogP contribution in [0.5, 0.6) is 0 Å². The molecule has 234 valence electrons. The van der Waals surface area contributed by atoms with Gasteiger partial charge < -0.3 is 34.9 Å². The Morgan fingerprint density at radius 2 is 1.90 bits per heavy atom. The van der Waals surface area contributed by atoms with E-state index in [1.807, 2.05) is 6.07 Å². The second-order valence-electron chi connectivity index (χ2n) is 11.3. The molecule has 1 aliphatic rings. The van der Waals surface area contributed by atoms with Crippen molar-refractivity contribution in [1.82, 2.24) is 10.2 Å². The normalized spacial score (nSPS) is 18.0. The molecule has 3 N–H and O–H groups in total. The quantitative estimate of drug-likeness (QED) is 0.229. The number of nitrogens with zero attached hydrogens (tertiary/aromatic N) is 1. The van der Waals surface area contributed by atoms with Gasteiger partial charge in [0.15, 0.2) is 0 Å². The number of benzene rings is 1. The molecule has 3 rings (SSSR count). The van der Waals surface area contributed by atoms with Gasteiger partial charge in [-0.2, -0.15) is 13.2 Å². The number of aliphatic hydroxyl groups excluding tert-OH is 1. The van der Waals surface area contributed by atoms with E-state index >= 15 is 0 Å². The van der Waals surface area contributed by atoms with Crippen LogP contribution < -0.4 is 10.6 Å². The lowest BCUT2D eigenvalue weighted by Crippen LogP contribution is -2.45. The van der Waals surface area contributed by atoms with Crippen LogP contribution in [0.2, 0.25) is 0 Å². The standard InChI is InChI=1S/C30H42F3N3O5S/c1-29(2,3)41-28(38)34-12-6-9-26-23(19-30(31,32)33)22-7-5-8-25(27(22)42-26)35-24-10-13-36(4)20-21(24)11-15-39-17-18-40-16-14-37/h5,7-8,21,24,35,37H,10-20H2,1-4H3,(H,34,38). The lowest BCUT2D eigenvalue weighted by molar-refractivity contribution is -0.126. The number of piperidine rings is 1. The maximum atomic E-state index is 13.6. The van der Waals surface area contributed by atoms with E-state index in [9.17, 15) is 18.0 Å². The summed E-state index contributed by atoms with van der Waals surface area (Å²) in [4.78, 5) is 14.5. The summed E-state index contributed by atoms with van der Waals surface area (Å²) >= 11 is 1.23. The summed E-state index contributed by atoms with van der Waals surface area (Å²) in [6.07, 6.45) is -4.41. The zero-order valence-corrected chi connectivity index (χ0v) is 25.6. The summed E-state index contributed by atoms with van der Waals surface area (Å²) in [7, 11) is 2.08. The lowest BCUT2D eigenvalue weighted by Gasteiger charge is -2.38. The molecule has 2 atom stereocenters. The molecule has 2 aromatic rings. The maximum absolute atomic E-state index is 13.6. The average Bonchev–Trinajstić information content (AvgIpc) is 3.23. The Morgan fingerprint density at radius 1 is 1.17 bits per heavy atom. The van der Waals surface area contributed by atoms with Gasteiger partial charge >= 0.3 is 12.3 Å². The Kier molecular flexibility index (Phi) is 12.7. The van der Waals surface area contributed by atoms with E-state index < -0.39 is 24.3 Å². The lowest BCUT2D eigenvalue weighted by atomic mass is 9.89. The van der Waals surface area contributed by atoms with E-state index in [1.54, 1.807) is 32.9 Å². The number of carbonyl (C=O) groups is 1. The number of thiophene rings is 1. The van der Waals surface area contributed by atoms with Crippen molar-refractivity contribution in [3.8, 4) is 11.8 Å². The highest BCUT2D eigenvalue weighted by atomic mass is 32.1. The number of aliphatic hydroxyl groups is 1. The summed E-state index contributed by atoms with van der Waals surface area (Å²) in [6.45, 7) is 8.67. The number of amides is 1.